The fraction of sp³-hybridized carbons (Fsp3) is 0.250. The second-order valence-electron chi connectivity index (χ2n) is 6.53. The number of benzene rings is 2. The highest BCUT2D eigenvalue weighted by molar-refractivity contribution is 7.22. The first-order chi connectivity index (χ1) is 14.7. The summed E-state index contributed by atoms with van der Waals surface area (Å²) in [6.07, 6.45) is -4.54. The van der Waals surface area contributed by atoms with Gasteiger partial charge in [-0.25, -0.2) is 4.98 Å². The molecule has 1 atom stereocenters. The molecule has 3 rings (SSSR count). The van der Waals surface area contributed by atoms with Crippen LogP contribution < -0.4 is 20.7 Å². The van der Waals surface area contributed by atoms with Crippen LogP contribution in [0, 0.1) is 0 Å². The first-order valence-corrected chi connectivity index (χ1v) is 10.0. The van der Waals surface area contributed by atoms with E-state index >= 15 is 0 Å². The van der Waals surface area contributed by atoms with Crippen LogP contribution in [0.1, 0.15) is 5.56 Å². The molecule has 1 heterocycles. The molecule has 31 heavy (non-hydrogen) atoms. The zero-order chi connectivity index (χ0) is 22.4. The molecule has 1 aromatic heterocycles. The molecule has 7 nitrogen and oxygen atoms in total. The van der Waals surface area contributed by atoms with E-state index < -0.39 is 18.3 Å². The van der Waals surface area contributed by atoms with Crippen molar-refractivity contribution in [3.63, 3.8) is 0 Å². The smallest absolute Gasteiger partial charge is 0.406 e. The Morgan fingerprint density at radius 2 is 1.90 bits per heavy atom. The largest absolute Gasteiger partial charge is 0.573 e. The van der Waals surface area contributed by atoms with Gasteiger partial charge in [0.15, 0.2) is 5.13 Å². The Balaban J connectivity index is 1.76. The molecule has 11 heteroatoms. The maximum atomic E-state index is 12.8. The molecule has 0 bridgehead atoms. The van der Waals surface area contributed by atoms with Crippen LogP contribution in [0.2, 0.25) is 0 Å². The van der Waals surface area contributed by atoms with Crippen LogP contribution in [0.15, 0.2) is 48.5 Å². The molecule has 1 unspecified atom stereocenters. The number of amides is 2. The van der Waals surface area contributed by atoms with Crippen LogP contribution >= 0.6 is 11.3 Å². The van der Waals surface area contributed by atoms with Gasteiger partial charge in [0.25, 0.3) is 0 Å². The third-order valence-electron chi connectivity index (χ3n) is 4.10. The fourth-order valence-electron chi connectivity index (χ4n) is 2.81. The van der Waals surface area contributed by atoms with Gasteiger partial charge in [-0.2, -0.15) is 0 Å². The first-order valence-electron chi connectivity index (χ1n) is 9.18. The van der Waals surface area contributed by atoms with Gasteiger partial charge in [-0.15, -0.1) is 13.2 Å². The summed E-state index contributed by atoms with van der Waals surface area (Å²) in [7, 11) is 1.61. The number of thiazole rings is 1. The monoisotopic (exact) mass is 452 g/mol. The van der Waals surface area contributed by atoms with E-state index in [1.165, 1.54) is 12.1 Å². The van der Waals surface area contributed by atoms with E-state index in [0.717, 1.165) is 23.0 Å². The number of hydrogen-bond donors (Lipinski definition) is 3. The highest BCUT2D eigenvalue weighted by atomic mass is 32.1. The molecule has 3 aromatic rings. The van der Waals surface area contributed by atoms with E-state index in [-0.39, 0.29) is 29.8 Å². The van der Waals surface area contributed by atoms with Crippen LogP contribution in [0.4, 0.5) is 18.3 Å². The summed E-state index contributed by atoms with van der Waals surface area (Å²) in [4.78, 5) is 29.1. The lowest BCUT2D eigenvalue weighted by molar-refractivity contribution is -0.274. The van der Waals surface area contributed by atoms with Gasteiger partial charge < -0.3 is 20.7 Å². The van der Waals surface area contributed by atoms with Crippen molar-refractivity contribution in [1.82, 2.24) is 15.6 Å². The number of nitrogens with one attached hydrogen (secondary N) is 3. The number of anilines is 1. The standard InChI is InChI=1S/C20H19F3N4O3S/c1-24-11-17(28)25-15(9-12-5-3-2-4-6-12)18(29)27-19-26-14-8-7-13(10-16(14)31-19)30-20(21,22)23/h2-8,10,15,24H,9,11H2,1H3,(H,25,28)(H,26,27,29). The molecule has 3 N–H and O–H groups in total. The van der Waals surface area contributed by atoms with Gasteiger partial charge in [-0.05, 0) is 24.7 Å². The van der Waals surface area contributed by atoms with Gasteiger partial charge in [-0.3, -0.25) is 9.59 Å². The Labute approximate surface area is 179 Å². The molecule has 0 spiro atoms. The predicted molar refractivity (Wildman–Crippen MR) is 111 cm³/mol. The number of fused-ring (bicyclic) bond motifs is 1. The van der Waals surface area contributed by atoms with Crippen LogP contribution in [-0.4, -0.2) is 42.8 Å². The molecule has 2 amide bonds. The van der Waals surface area contributed by atoms with E-state index in [4.69, 9.17) is 0 Å². The maximum absolute atomic E-state index is 12.8. The molecule has 164 valence electrons. The maximum Gasteiger partial charge on any atom is 0.573 e. The Kier molecular flexibility index (Phi) is 7.08. The fourth-order valence-corrected chi connectivity index (χ4v) is 3.71. The molecule has 0 fully saturated rings. The van der Waals surface area contributed by atoms with Crippen molar-refractivity contribution < 1.29 is 27.5 Å². The van der Waals surface area contributed by atoms with Crippen molar-refractivity contribution >= 4 is 38.5 Å². The summed E-state index contributed by atoms with van der Waals surface area (Å²) in [6, 6.07) is 12.0. The highest BCUT2D eigenvalue weighted by Gasteiger charge is 2.31. The molecule has 0 aliphatic heterocycles. The van der Waals surface area contributed by atoms with Crippen LogP contribution in [-0.2, 0) is 16.0 Å². The van der Waals surface area contributed by atoms with Crippen molar-refractivity contribution in [2.75, 3.05) is 18.9 Å². The lowest BCUT2D eigenvalue weighted by Gasteiger charge is -2.18. The molecule has 0 aliphatic rings. The second kappa shape index (κ2) is 9.75. The zero-order valence-electron chi connectivity index (χ0n) is 16.3. The topological polar surface area (TPSA) is 92.4 Å². The number of halogens is 3. The van der Waals surface area contributed by atoms with E-state index in [9.17, 15) is 22.8 Å². The summed E-state index contributed by atoms with van der Waals surface area (Å²) in [5.74, 6) is -1.21. The molecule has 2 aromatic carbocycles. The molecular weight excluding hydrogens is 433 g/mol. The average molecular weight is 452 g/mol. The number of alkyl halides is 3. The van der Waals surface area contributed by atoms with Crippen LogP contribution in [0.5, 0.6) is 5.75 Å². The summed E-state index contributed by atoms with van der Waals surface area (Å²) >= 11 is 1.00. The minimum Gasteiger partial charge on any atom is -0.406 e. The normalized spacial score (nSPS) is 12.4. The average Bonchev–Trinajstić information content (AvgIpc) is 3.08. The summed E-state index contributed by atoms with van der Waals surface area (Å²) in [6.45, 7) is 0.0433. The highest BCUT2D eigenvalue weighted by Crippen LogP contribution is 2.31. The lowest BCUT2D eigenvalue weighted by atomic mass is 10.1. The van der Waals surface area contributed by atoms with Crippen molar-refractivity contribution in [3.8, 4) is 5.75 Å². The van der Waals surface area contributed by atoms with E-state index in [1.807, 2.05) is 30.3 Å². The number of likely N-dealkylation sites (N-methyl/N-ethyl adjacent to an activating group) is 1. The van der Waals surface area contributed by atoms with Crippen LogP contribution in [0.3, 0.4) is 0 Å². The van der Waals surface area contributed by atoms with Crippen molar-refractivity contribution in [3.05, 3.63) is 54.1 Å². The van der Waals surface area contributed by atoms with Gasteiger partial charge in [0.05, 0.1) is 16.8 Å². The molecule has 0 saturated heterocycles. The molecule has 0 radical (unpaired) electrons. The van der Waals surface area contributed by atoms with E-state index in [2.05, 4.69) is 25.7 Å². The minimum absolute atomic E-state index is 0.0433. The van der Waals surface area contributed by atoms with Crippen LogP contribution in [0.25, 0.3) is 10.2 Å². The molecule has 0 saturated carbocycles. The number of carbonyl (C=O) groups excluding carboxylic acids is 2. The Hall–Kier alpha value is -3.18. The van der Waals surface area contributed by atoms with Gasteiger partial charge in [-0.1, -0.05) is 41.7 Å². The second-order valence-corrected chi connectivity index (χ2v) is 7.56. The Morgan fingerprint density at radius 1 is 1.16 bits per heavy atom. The van der Waals surface area contributed by atoms with Gasteiger partial charge in [0.1, 0.15) is 11.8 Å². The number of nitrogens with zero attached hydrogens (tertiary/aromatic N) is 1. The lowest BCUT2D eigenvalue weighted by Crippen LogP contribution is -2.47. The summed E-state index contributed by atoms with van der Waals surface area (Å²) in [5, 5.41) is 8.23. The first kappa shape index (κ1) is 22.5. The predicted octanol–water partition coefficient (Wildman–Crippen LogP) is 3.08. The third-order valence-corrected chi connectivity index (χ3v) is 5.03. The van der Waals surface area contributed by atoms with Gasteiger partial charge >= 0.3 is 6.36 Å². The van der Waals surface area contributed by atoms with Crippen molar-refractivity contribution in [1.29, 1.82) is 0 Å². The van der Waals surface area contributed by atoms with Crippen molar-refractivity contribution in [2.45, 2.75) is 18.8 Å². The van der Waals surface area contributed by atoms with Gasteiger partial charge in [0, 0.05) is 12.5 Å². The number of ether oxygens (including phenoxy) is 1. The minimum atomic E-state index is -4.80. The number of hydrogen-bond acceptors (Lipinski definition) is 6. The van der Waals surface area contributed by atoms with E-state index in [1.54, 1.807) is 7.05 Å². The Bertz CT molecular complexity index is 1060. The van der Waals surface area contributed by atoms with Gasteiger partial charge in [0.2, 0.25) is 11.8 Å². The zero-order valence-corrected chi connectivity index (χ0v) is 17.1. The number of aromatic nitrogens is 1. The quantitative estimate of drug-likeness (QED) is 0.489. The summed E-state index contributed by atoms with van der Waals surface area (Å²) in [5.41, 5.74) is 1.26. The molecule has 0 aliphatic carbocycles. The SMILES string of the molecule is CNCC(=O)NC(Cc1ccccc1)C(=O)Nc1nc2ccc(OC(F)(F)F)cc2s1. The third kappa shape index (κ3) is 6.66. The number of carbonyl (C=O) groups is 2. The van der Waals surface area contributed by atoms with E-state index in [0.29, 0.717) is 10.2 Å². The molecular formula is C20H19F3N4O3S. The van der Waals surface area contributed by atoms with Crippen molar-refractivity contribution in [2.24, 2.45) is 0 Å². The Morgan fingerprint density at radius 3 is 2.58 bits per heavy atom. The summed E-state index contributed by atoms with van der Waals surface area (Å²) < 4.78 is 41.6. The number of rotatable bonds is 8.